The summed E-state index contributed by atoms with van der Waals surface area (Å²) < 4.78 is 14.2. The van der Waals surface area contributed by atoms with Crippen molar-refractivity contribution < 1.29 is 9.18 Å². The molecule has 3 rings (SSSR count). The van der Waals surface area contributed by atoms with Crippen LogP contribution in [0.15, 0.2) is 12.1 Å². The summed E-state index contributed by atoms with van der Waals surface area (Å²) in [6.45, 7) is 1.80. The zero-order chi connectivity index (χ0) is 13.6. The minimum absolute atomic E-state index is 0.138. The summed E-state index contributed by atoms with van der Waals surface area (Å²) in [5, 5.41) is 2.60. The van der Waals surface area contributed by atoms with Crippen LogP contribution >= 0.6 is 0 Å². The third kappa shape index (κ3) is 1.94. The highest BCUT2D eigenvalue weighted by molar-refractivity contribution is 6.02. The number of hydrogen-bond donors (Lipinski definition) is 2. The van der Waals surface area contributed by atoms with Crippen molar-refractivity contribution in [3.8, 4) is 0 Å². The number of carbonyl (C=O) groups is 1. The maximum absolute atomic E-state index is 14.2. The Morgan fingerprint density at radius 1 is 1.32 bits per heavy atom. The smallest absolute Gasteiger partial charge is 0.231 e. The van der Waals surface area contributed by atoms with Crippen LogP contribution in [-0.2, 0) is 10.3 Å². The minimum atomic E-state index is -0.431. The predicted octanol–water partition coefficient (Wildman–Crippen LogP) is 3.00. The molecular weight excluding hydrogens is 243 g/mol. The number of rotatable bonds is 1. The van der Waals surface area contributed by atoms with Gasteiger partial charge in [0.2, 0.25) is 5.91 Å². The van der Waals surface area contributed by atoms with Gasteiger partial charge in [0, 0.05) is 5.54 Å². The SMILES string of the molecule is CC1C(=O)Nc2c(F)cc(C3(N)CCCCC3)cc21. The van der Waals surface area contributed by atoms with Crippen molar-refractivity contribution in [1.29, 1.82) is 0 Å². The number of amides is 1. The van der Waals surface area contributed by atoms with Crippen LogP contribution < -0.4 is 11.1 Å². The molecule has 1 saturated carbocycles. The lowest BCUT2D eigenvalue weighted by Crippen LogP contribution is -2.38. The first-order valence-electron chi connectivity index (χ1n) is 6.95. The Bertz CT molecular complexity index is 535. The standard InChI is InChI=1S/C15H19FN2O/c1-9-11-7-10(15(17)5-3-2-4-6-15)8-12(16)13(11)18-14(9)19/h7-9H,2-6,17H2,1H3,(H,18,19). The van der Waals surface area contributed by atoms with Gasteiger partial charge in [-0.25, -0.2) is 4.39 Å². The Hall–Kier alpha value is -1.42. The van der Waals surface area contributed by atoms with E-state index < -0.39 is 5.54 Å². The van der Waals surface area contributed by atoms with Gasteiger partial charge in [0.15, 0.2) is 0 Å². The molecule has 1 aromatic carbocycles. The molecule has 4 heteroatoms. The van der Waals surface area contributed by atoms with Crippen LogP contribution in [0.2, 0.25) is 0 Å². The fourth-order valence-corrected chi connectivity index (χ4v) is 3.23. The van der Waals surface area contributed by atoms with Gasteiger partial charge in [-0.1, -0.05) is 25.3 Å². The summed E-state index contributed by atoms with van der Waals surface area (Å²) in [6.07, 6.45) is 5.15. The van der Waals surface area contributed by atoms with Gasteiger partial charge < -0.3 is 11.1 Å². The molecule has 0 aromatic heterocycles. The summed E-state index contributed by atoms with van der Waals surface area (Å²) >= 11 is 0. The van der Waals surface area contributed by atoms with Crippen molar-refractivity contribution in [3.63, 3.8) is 0 Å². The summed E-state index contributed by atoms with van der Waals surface area (Å²) in [7, 11) is 0. The van der Waals surface area contributed by atoms with Crippen molar-refractivity contribution in [2.45, 2.75) is 50.5 Å². The Morgan fingerprint density at radius 2 is 2.00 bits per heavy atom. The van der Waals surface area contributed by atoms with Gasteiger partial charge in [0.1, 0.15) is 5.82 Å². The van der Waals surface area contributed by atoms with Crippen molar-refractivity contribution in [1.82, 2.24) is 0 Å². The average Bonchev–Trinajstić information content (AvgIpc) is 2.68. The van der Waals surface area contributed by atoms with Gasteiger partial charge in [-0.2, -0.15) is 0 Å². The molecule has 1 fully saturated rings. The normalized spacial score (nSPS) is 25.0. The number of hydrogen-bond acceptors (Lipinski definition) is 2. The van der Waals surface area contributed by atoms with Gasteiger partial charge in [0.25, 0.3) is 0 Å². The minimum Gasteiger partial charge on any atom is -0.323 e. The zero-order valence-electron chi connectivity index (χ0n) is 11.1. The highest BCUT2D eigenvalue weighted by Gasteiger charge is 2.35. The molecule has 3 nitrogen and oxygen atoms in total. The molecule has 0 spiro atoms. The highest BCUT2D eigenvalue weighted by Crippen LogP contribution is 2.41. The Morgan fingerprint density at radius 3 is 2.68 bits per heavy atom. The van der Waals surface area contributed by atoms with E-state index in [-0.39, 0.29) is 17.6 Å². The first-order chi connectivity index (χ1) is 9.01. The van der Waals surface area contributed by atoms with Gasteiger partial charge in [-0.15, -0.1) is 0 Å². The van der Waals surface area contributed by atoms with Crippen LogP contribution in [0.5, 0.6) is 0 Å². The lowest BCUT2D eigenvalue weighted by Gasteiger charge is -2.34. The molecule has 2 aliphatic rings. The quantitative estimate of drug-likeness (QED) is 0.817. The largest absolute Gasteiger partial charge is 0.323 e. The second-order valence-corrected chi connectivity index (χ2v) is 5.85. The third-order valence-corrected chi connectivity index (χ3v) is 4.55. The topological polar surface area (TPSA) is 55.1 Å². The molecule has 0 saturated heterocycles. The summed E-state index contributed by atoms with van der Waals surface area (Å²) in [5.74, 6) is -0.794. The second-order valence-electron chi connectivity index (χ2n) is 5.85. The van der Waals surface area contributed by atoms with E-state index in [4.69, 9.17) is 5.73 Å². The first kappa shape index (κ1) is 12.6. The summed E-state index contributed by atoms with van der Waals surface area (Å²) in [6, 6.07) is 3.43. The number of carbonyl (C=O) groups excluding carboxylic acids is 1. The Balaban J connectivity index is 2.05. The monoisotopic (exact) mass is 262 g/mol. The number of fused-ring (bicyclic) bond motifs is 1. The van der Waals surface area contributed by atoms with Crippen LogP contribution in [0.3, 0.4) is 0 Å². The molecule has 19 heavy (non-hydrogen) atoms. The molecular formula is C15H19FN2O. The average molecular weight is 262 g/mol. The van der Waals surface area contributed by atoms with Gasteiger partial charge in [-0.3, -0.25) is 4.79 Å². The van der Waals surface area contributed by atoms with Gasteiger partial charge in [-0.05, 0) is 37.0 Å². The Kier molecular flexibility index (Phi) is 2.86. The van der Waals surface area contributed by atoms with E-state index in [2.05, 4.69) is 5.32 Å². The fraction of sp³-hybridized carbons (Fsp3) is 0.533. The molecule has 1 unspecified atom stereocenters. The number of nitrogens with one attached hydrogen (secondary N) is 1. The van der Waals surface area contributed by atoms with E-state index in [0.29, 0.717) is 5.69 Å². The van der Waals surface area contributed by atoms with Crippen LogP contribution in [0, 0.1) is 5.82 Å². The van der Waals surface area contributed by atoms with E-state index >= 15 is 0 Å². The van der Waals surface area contributed by atoms with Gasteiger partial charge in [0.05, 0.1) is 11.6 Å². The maximum Gasteiger partial charge on any atom is 0.231 e. The van der Waals surface area contributed by atoms with E-state index in [0.717, 1.165) is 36.8 Å². The van der Waals surface area contributed by atoms with Crippen molar-refractivity contribution in [2.24, 2.45) is 5.73 Å². The molecule has 1 aliphatic carbocycles. The van der Waals surface area contributed by atoms with Crippen molar-refractivity contribution in [3.05, 3.63) is 29.1 Å². The van der Waals surface area contributed by atoms with E-state index in [1.165, 1.54) is 12.5 Å². The molecule has 1 aromatic rings. The number of anilines is 1. The van der Waals surface area contributed by atoms with Crippen LogP contribution in [0.4, 0.5) is 10.1 Å². The zero-order valence-corrected chi connectivity index (χ0v) is 11.1. The van der Waals surface area contributed by atoms with Gasteiger partial charge >= 0.3 is 0 Å². The van der Waals surface area contributed by atoms with E-state index in [9.17, 15) is 9.18 Å². The highest BCUT2D eigenvalue weighted by atomic mass is 19.1. The van der Waals surface area contributed by atoms with Crippen LogP contribution in [-0.4, -0.2) is 5.91 Å². The lowest BCUT2D eigenvalue weighted by atomic mass is 9.76. The molecule has 1 atom stereocenters. The summed E-state index contributed by atoms with van der Waals surface area (Å²) in [4.78, 5) is 11.6. The Labute approximate surface area is 112 Å². The summed E-state index contributed by atoms with van der Waals surface area (Å²) in [5.41, 5.74) is 7.94. The number of halogens is 1. The molecule has 1 amide bonds. The molecule has 0 radical (unpaired) electrons. The van der Waals surface area contributed by atoms with E-state index in [1.807, 2.05) is 6.07 Å². The molecule has 1 heterocycles. The molecule has 0 bridgehead atoms. The first-order valence-corrected chi connectivity index (χ1v) is 6.95. The van der Waals surface area contributed by atoms with E-state index in [1.54, 1.807) is 6.92 Å². The molecule has 102 valence electrons. The number of benzene rings is 1. The van der Waals surface area contributed by atoms with Crippen molar-refractivity contribution in [2.75, 3.05) is 5.32 Å². The predicted molar refractivity (Wildman–Crippen MR) is 72.4 cm³/mol. The lowest BCUT2D eigenvalue weighted by molar-refractivity contribution is -0.116. The van der Waals surface area contributed by atoms with Crippen LogP contribution in [0.25, 0.3) is 0 Å². The molecule has 1 aliphatic heterocycles. The number of nitrogens with two attached hydrogens (primary N) is 1. The van der Waals surface area contributed by atoms with Crippen molar-refractivity contribution >= 4 is 11.6 Å². The maximum atomic E-state index is 14.2. The fourth-order valence-electron chi connectivity index (χ4n) is 3.23. The van der Waals surface area contributed by atoms with Crippen LogP contribution in [0.1, 0.15) is 56.1 Å². The second kappa shape index (κ2) is 4.30. The third-order valence-electron chi connectivity index (χ3n) is 4.55. The molecule has 3 N–H and O–H groups in total.